The van der Waals surface area contributed by atoms with Gasteiger partial charge in [-0.05, 0) is 31.0 Å². The van der Waals surface area contributed by atoms with Crippen LogP contribution < -0.4 is 5.73 Å². The van der Waals surface area contributed by atoms with Gasteiger partial charge in [-0.3, -0.25) is 4.99 Å². The Morgan fingerprint density at radius 2 is 2.20 bits per heavy atom. The number of nitrogens with two attached hydrogens (primary N) is 1. The Morgan fingerprint density at radius 3 is 3.03 bits per heavy atom. The first-order chi connectivity index (χ1) is 14.8. The number of hydrogen-bond acceptors (Lipinski definition) is 7. The lowest BCUT2D eigenvalue weighted by molar-refractivity contribution is -0.108. The van der Waals surface area contributed by atoms with Crippen LogP contribution in [0.2, 0.25) is 0 Å². The number of fused-ring (bicyclic) bond motifs is 1. The lowest BCUT2D eigenvalue weighted by Gasteiger charge is -2.23. The van der Waals surface area contributed by atoms with Gasteiger partial charge in [0.2, 0.25) is 0 Å². The highest BCUT2D eigenvalue weighted by atomic mass is 16.6. The summed E-state index contributed by atoms with van der Waals surface area (Å²) in [5.41, 5.74) is 10.1. The van der Waals surface area contributed by atoms with Gasteiger partial charge in [-0.1, -0.05) is 17.9 Å². The van der Waals surface area contributed by atoms with Crippen molar-refractivity contribution in [2.75, 3.05) is 59.4 Å². The lowest BCUT2D eigenvalue weighted by atomic mass is 9.95. The number of aliphatic imine (C=N–C) groups is 1. The molecule has 0 saturated carbocycles. The molecule has 2 heterocycles. The van der Waals surface area contributed by atoms with Crippen molar-refractivity contribution in [3.63, 3.8) is 0 Å². The molecular weight excluding hydrogens is 384 g/mol. The zero-order valence-electron chi connectivity index (χ0n) is 17.5. The van der Waals surface area contributed by atoms with Gasteiger partial charge in [0, 0.05) is 30.4 Å². The van der Waals surface area contributed by atoms with Gasteiger partial charge >= 0.3 is 0 Å². The fourth-order valence-corrected chi connectivity index (χ4v) is 3.16. The van der Waals surface area contributed by atoms with E-state index in [1.165, 1.54) is 5.56 Å². The molecule has 0 amide bonds. The van der Waals surface area contributed by atoms with Crippen molar-refractivity contribution >= 4 is 5.71 Å². The molecule has 1 aromatic rings. The van der Waals surface area contributed by atoms with Crippen molar-refractivity contribution in [3.8, 4) is 11.8 Å². The van der Waals surface area contributed by atoms with Crippen LogP contribution in [-0.4, -0.2) is 71.2 Å². The van der Waals surface area contributed by atoms with E-state index in [0.717, 1.165) is 23.3 Å². The van der Waals surface area contributed by atoms with Crippen molar-refractivity contribution in [3.05, 3.63) is 46.8 Å². The Bertz CT molecular complexity index is 804. The summed E-state index contributed by atoms with van der Waals surface area (Å²) in [5.74, 6) is 6.52. The van der Waals surface area contributed by atoms with Gasteiger partial charge in [-0.15, -0.1) is 0 Å². The molecule has 1 fully saturated rings. The van der Waals surface area contributed by atoms with Crippen LogP contribution in [0.1, 0.15) is 23.6 Å². The molecule has 2 aliphatic rings. The number of allylic oxidation sites excluding steroid dienone is 1. The molecule has 7 nitrogen and oxygen atoms in total. The molecule has 0 aliphatic carbocycles. The van der Waals surface area contributed by atoms with Crippen LogP contribution in [0.5, 0.6) is 0 Å². The predicted octanol–water partition coefficient (Wildman–Crippen LogP) is 1.67. The van der Waals surface area contributed by atoms with Gasteiger partial charge in [0.25, 0.3) is 0 Å². The Kier molecular flexibility index (Phi) is 9.19. The zero-order chi connectivity index (χ0) is 21.0. The van der Waals surface area contributed by atoms with E-state index in [2.05, 4.69) is 22.9 Å². The highest BCUT2D eigenvalue weighted by Crippen LogP contribution is 2.19. The summed E-state index contributed by atoms with van der Waals surface area (Å²) in [5, 5.41) is 0. The molecule has 1 atom stereocenters. The van der Waals surface area contributed by atoms with Crippen LogP contribution in [0.4, 0.5) is 0 Å². The van der Waals surface area contributed by atoms with E-state index < -0.39 is 0 Å². The Labute approximate surface area is 178 Å². The lowest BCUT2D eigenvalue weighted by Crippen LogP contribution is -2.32. The summed E-state index contributed by atoms with van der Waals surface area (Å²) >= 11 is 0. The Hall–Kier alpha value is -2.37. The molecular formula is C23H30N2O5. The minimum atomic E-state index is -0.0874. The molecule has 1 saturated heterocycles. The van der Waals surface area contributed by atoms with Crippen molar-refractivity contribution in [1.82, 2.24) is 0 Å². The summed E-state index contributed by atoms with van der Waals surface area (Å²) < 4.78 is 27.2. The number of ether oxygens (including phenoxy) is 5. The SMILES string of the molecule is CCOCCOCC#Cc1ccc2c(c1)CCN=C2/C=C(\N)OCC1COCCO1. The van der Waals surface area contributed by atoms with Crippen LogP contribution in [0.25, 0.3) is 0 Å². The molecule has 162 valence electrons. The van der Waals surface area contributed by atoms with Crippen molar-refractivity contribution < 1.29 is 23.7 Å². The molecule has 1 unspecified atom stereocenters. The second-order valence-corrected chi connectivity index (χ2v) is 6.87. The summed E-state index contributed by atoms with van der Waals surface area (Å²) in [7, 11) is 0. The van der Waals surface area contributed by atoms with Crippen molar-refractivity contribution in [2.45, 2.75) is 19.4 Å². The zero-order valence-corrected chi connectivity index (χ0v) is 17.5. The van der Waals surface area contributed by atoms with E-state index in [-0.39, 0.29) is 6.10 Å². The molecule has 0 spiro atoms. The van der Waals surface area contributed by atoms with Gasteiger partial charge < -0.3 is 29.4 Å². The van der Waals surface area contributed by atoms with Crippen LogP contribution in [0.3, 0.4) is 0 Å². The minimum Gasteiger partial charge on any atom is -0.476 e. The Balaban J connectivity index is 1.54. The molecule has 0 radical (unpaired) electrons. The molecule has 30 heavy (non-hydrogen) atoms. The number of hydrogen-bond donors (Lipinski definition) is 1. The molecule has 2 aliphatic heterocycles. The summed E-state index contributed by atoms with van der Waals surface area (Å²) in [4.78, 5) is 4.60. The maximum Gasteiger partial charge on any atom is 0.186 e. The standard InChI is InChI=1S/C23H30N2O5/c1-2-26-10-11-27-9-3-4-18-5-6-21-19(14-18)7-8-25-22(21)15-23(24)30-17-20-16-28-12-13-29-20/h5-6,14-15,20H,2,7-13,16-17,24H2,1H3/b23-15+. The first kappa shape index (κ1) is 22.3. The van der Waals surface area contributed by atoms with Crippen LogP contribution in [0.15, 0.2) is 35.2 Å². The largest absolute Gasteiger partial charge is 0.476 e. The molecule has 2 N–H and O–H groups in total. The van der Waals surface area contributed by atoms with E-state index in [4.69, 9.17) is 29.4 Å². The second kappa shape index (κ2) is 12.4. The molecule has 7 heteroatoms. The number of benzene rings is 1. The average Bonchev–Trinajstić information content (AvgIpc) is 2.78. The maximum absolute atomic E-state index is 6.05. The predicted molar refractivity (Wildman–Crippen MR) is 115 cm³/mol. The fraction of sp³-hybridized carbons (Fsp3) is 0.522. The summed E-state index contributed by atoms with van der Waals surface area (Å²) in [6, 6.07) is 6.13. The number of nitrogens with zero attached hydrogens (tertiary/aromatic N) is 1. The first-order valence-electron chi connectivity index (χ1n) is 10.4. The first-order valence-corrected chi connectivity index (χ1v) is 10.4. The van der Waals surface area contributed by atoms with Crippen LogP contribution in [-0.2, 0) is 30.1 Å². The molecule has 3 rings (SSSR count). The fourth-order valence-electron chi connectivity index (χ4n) is 3.16. The third-order valence-electron chi connectivity index (χ3n) is 4.63. The van der Waals surface area contributed by atoms with E-state index in [1.54, 1.807) is 6.08 Å². The van der Waals surface area contributed by atoms with Gasteiger partial charge in [0.1, 0.15) is 19.3 Å². The van der Waals surface area contributed by atoms with Gasteiger partial charge in [-0.2, -0.15) is 0 Å². The summed E-state index contributed by atoms with van der Waals surface area (Å²) in [6.07, 6.45) is 2.57. The topological polar surface area (TPSA) is 84.5 Å². The quantitative estimate of drug-likeness (QED) is 0.376. The van der Waals surface area contributed by atoms with Crippen molar-refractivity contribution in [1.29, 1.82) is 0 Å². The van der Waals surface area contributed by atoms with E-state index in [0.29, 0.717) is 65.3 Å². The van der Waals surface area contributed by atoms with Gasteiger partial charge in [0.05, 0.1) is 38.7 Å². The smallest absolute Gasteiger partial charge is 0.186 e. The molecule has 0 aromatic heterocycles. The average molecular weight is 415 g/mol. The van der Waals surface area contributed by atoms with Gasteiger partial charge in [-0.25, -0.2) is 0 Å². The number of rotatable bonds is 9. The van der Waals surface area contributed by atoms with E-state index in [1.807, 2.05) is 19.1 Å². The normalized spacial score (nSPS) is 18.8. The third-order valence-corrected chi connectivity index (χ3v) is 4.63. The monoisotopic (exact) mass is 414 g/mol. The molecule has 0 bridgehead atoms. The Morgan fingerprint density at radius 1 is 1.30 bits per heavy atom. The molecule has 1 aromatic carbocycles. The highest BCUT2D eigenvalue weighted by molar-refractivity contribution is 6.10. The van der Waals surface area contributed by atoms with Crippen molar-refractivity contribution in [2.24, 2.45) is 10.7 Å². The third kappa shape index (κ3) is 7.15. The second-order valence-electron chi connectivity index (χ2n) is 6.87. The van der Waals surface area contributed by atoms with Gasteiger partial charge in [0.15, 0.2) is 5.88 Å². The summed E-state index contributed by atoms with van der Waals surface area (Å²) in [6.45, 7) is 7.03. The van der Waals surface area contributed by atoms with Crippen LogP contribution in [0, 0.1) is 11.8 Å². The van der Waals surface area contributed by atoms with Crippen LogP contribution >= 0.6 is 0 Å². The maximum atomic E-state index is 6.05. The minimum absolute atomic E-state index is 0.0874. The van der Waals surface area contributed by atoms with E-state index in [9.17, 15) is 0 Å². The highest BCUT2D eigenvalue weighted by Gasteiger charge is 2.16. The van der Waals surface area contributed by atoms with E-state index >= 15 is 0 Å².